The molecule has 0 saturated heterocycles. The molecule has 0 radical (unpaired) electrons. The number of aldehydes is 1. The van der Waals surface area contributed by atoms with Gasteiger partial charge in [-0.15, -0.1) is 0 Å². The van der Waals surface area contributed by atoms with E-state index < -0.39 is 0 Å². The fraction of sp³-hybridized carbons (Fsp3) is 0.900. The lowest BCUT2D eigenvalue weighted by Crippen LogP contribution is -2.28. The number of ether oxygens (including phenoxy) is 1. The van der Waals surface area contributed by atoms with E-state index in [1.807, 2.05) is 6.92 Å². The van der Waals surface area contributed by atoms with Gasteiger partial charge in [-0.05, 0) is 19.8 Å². The molecule has 0 spiro atoms. The average Bonchev–Trinajstić information content (AvgIpc) is 2.10. The molecule has 0 aliphatic heterocycles. The van der Waals surface area contributed by atoms with E-state index in [9.17, 15) is 4.79 Å². The molecule has 0 bridgehead atoms. The number of hydrogen-bond acceptors (Lipinski definition) is 3. The quantitative estimate of drug-likeness (QED) is 0.461. The molecule has 0 aromatic rings. The first-order chi connectivity index (χ1) is 6.22. The number of unbranched alkanes of at least 4 members (excludes halogenated alkanes) is 1. The van der Waals surface area contributed by atoms with Gasteiger partial charge in [0.15, 0.2) is 0 Å². The second kappa shape index (κ2) is 8.20. The normalized spacial score (nSPS) is 15.3. The third-order valence-corrected chi connectivity index (χ3v) is 2.09. The Labute approximate surface area is 80.6 Å². The topological polar surface area (TPSA) is 52.3 Å². The molecule has 2 unspecified atom stereocenters. The first-order valence-electron chi connectivity index (χ1n) is 5.01. The monoisotopic (exact) mass is 187 g/mol. The van der Waals surface area contributed by atoms with Crippen molar-refractivity contribution in [3.05, 3.63) is 0 Å². The second-order valence-electron chi connectivity index (χ2n) is 3.41. The summed E-state index contributed by atoms with van der Waals surface area (Å²) in [6.07, 6.45) is 3.90. The largest absolute Gasteiger partial charge is 0.381 e. The summed E-state index contributed by atoms with van der Waals surface area (Å²) in [4.78, 5) is 10.5. The molecule has 0 heterocycles. The Balaban J connectivity index is 3.33. The molecule has 0 aromatic heterocycles. The summed E-state index contributed by atoms with van der Waals surface area (Å²) in [5.41, 5.74) is 5.60. The van der Waals surface area contributed by atoms with Crippen LogP contribution < -0.4 is 5.73 Å². The van der Waals surface area contributed by atoms with Gasteiger partial charge in [0.1, 0.15) is 6.29 Å². The van der Waals surface area contributed by atoms with Crippen molar-refractivity contribution in [3.8, 4) is 0 Å². The first kappa shape index (κ1) is 12.6. The molecule has 0 aromatic carbocycles. The summed E-state index contributed by atoms with van der Waals surface area (Å²) < 4.78 is 5.34. The number of carbonyl (C=O) groups is 1. The van der Waals surface area contributed by atoms with Crippen molar-refractivity contribution in [2.24, 2.45) is 11.7 Å². The van der Waals surface area contributed by atoms with Crippen LogP contribution >= 0.6 is 0 Å². The minimum Gasteiger partial charge on any atom is -0.381 e. The number of nitrogens with two attached hydrogens (primary N) is 1. The van der Waals surface area contributed by atoms with Crippen LogP contribution in [-0.2, 0) is 9.53 Å². The Bertz CT molecular complexity index is 126. The van der Waals surface area contributed by atoms with Gasteiger partial charge in [0.25, 0.3) is 0 Å². The van der Waals surface area contributed by atoms with E-state index in [4.69, 9.17) is 10.5 Å². The van der Waals surface area contributed by atoms with E-state index in [1.54, 1.807) is 0 Å². The van der Waals surface area contributed by atoms with Crippen LogP contribution in [0.5, 0.6) is 0 Å². The van der Waals surface area contributed by atoms with Gasteiger partial charge in [0, 0.05) is 25.2 Å². The van der Waals surface area contributed by atoms with Crippen molar-refractivity contribution in [1.82, 2.24) is 0 Å². The highest BCUT2D eigenvalue weighted by molar-refractivity contribution is 5.54. The highest BCUT2D eigenvalue weighted by Crippen LogP contribution is 2.04. The van der Waals surface area contributed by atoms with E-state index in [0.29, 0.717) is 6.61 Å². The molecule has 0 amide bonds. The van der Waals surface area contributed by atoms with Crippen molar-refractivity contribution >= 4 is 6.29 Å². The maximum Gasteiger partial charge on any atom is 0.124 e. The molecule has 0 fully saturated rings. The standard InChI is InChI=1S/C10H21NO2/c1-3-4-6-13-7-5-10(8-12)9(2)11/h8-10H,3-7,11H2,1-2H3. The van der Waals surface area contributed by atoms with Crippen LogP contribution in [0.15, 0.2) is 0 Å². The predicted molar refractivity (Wildman–Crippen MR) is 53.5 cm³/mol. The molecule has 2 atom stereocenters. The molecule has 0 aliphatic carbocycles. The van der Waals surface area contributed by atoms with Gasteiger partial charge in [0.2, 0.25) is 0 Å². The lowest BCUT2D eigenvalue weighted by Gasteiger charge is -2.13. The lowest BCUT2D eigenvalue weighted by molar-refractivity contribution is -0.112. The number of hydrogen-bond donors (Lipinski definition) is 1. The molecule has 0 saturated carbocycles. The SMILES string of the molecule is CCCCOCCC(C=O)C(C)N. The first-order valence-corrected chi connectivity index (χ1v) is 5.01. The minimum absolute atomic E-state index is 0.0540. The van der Waals surface area contributed by atoms with Crippen LogP contribution in [0, 0.1) is 5.92 Å². The molecule has 0 rings (SSSR count). The van der Waals surface area contributed by atoms with Gasteiger partial charge in [-0.3, -0.25) is 0 Å². The molecule has 3 nitrogen and oxygen atoms in total. The fourth-order valence-electron chi connectivity index (χ4n) is 1.02. The summed E-state index contributed by atoms with van der Waals surface area (Å²) in [6.45, 7) is 5.41. The Morgan fingerprint density at radius 2 is 2.15 bits per heavy atom. The molecule has 2 N–H and O–H groups in total. The van der Waals surface area contributed by atoms with Gasteiger partial charge in [-0.1, -0.05) is 13.3 Å². The van der Waals surface area contributed by atoms with Gasteiger partial charge < -0.3 is 15.3 Å². The van der Waals surface area contributed by atoms with Crippen LogP contribution in [0.25, 0.3) is 0 Å². The predicted octanol–water partition coefficient (Wildman–Crippen LogP) is 1.36. The van der Waals surface area contributed by atoms with E-state index in [0.717, 1.165) is 32.2 Å². The molecule has 0 aliphatic rings. The summed E-state index contributed by atoms with van der Waals surface area (Å²) in [7, 11) is 0. The zero-order chi connectivity index (χ0) is 10.1. The van der Waals surface area contributed by atoms with Crippen molar-refractivity contribution in [2.45, 2.75) is 39.2 Å². The van der Waals surface area contributed by atoms with E-state index in [-0.39, 0.29) is 12.0 Å². The smallest absolute Gasteiger partial charge is 0.124 e. The summed E-state index contributed by atoms with van der Waals surface area (Å²) in [5.74, 6) is -0.0540. The summed E-state index contributed by atoms with van der Waals surface area (Å²) >= 11 is 0. The minimum atomic E-state index is -0.0627. The van der Waals surface area contributed by atoms with Crippen molar-refractivity contribution in [3.63, 3.8) is 0 Å². The van der Waals surface area contributed by atoms with Crippen LogP contribution in [-0.4, -0.2) is 25.5 Å². The molecule has 78 valence electrons. The van der Waals surface area contributed by atoms with Crippen LogP contribution in [0.3, 0.4) is 0 Å². The van der Waals surface area contributed by atoms with Crippen molar-refractivity contribution < 1.29 is 9.53 Å². The Morgan fingerprint density at radius 1 is 1.46 bits per heavy atom. The van der Waals surface area contributed by atoms with Crippen LogP contribution in [0.2, 0.25) is 0 Å². The maximum absolute atomic E-state index is 10.5. The van der Waals surface area contributed by atoms with Crippen molar-refractivity contribution in [1.29, 1.82) is 0 Å². The zero-order valence-electron chi connectivity index (χ0n) is 8.66. The summed E-state index contributed by atoms with van der Waals surface area (Å²) in [5, 5.41) is 0. The average molecular weight is 187 g/mol. The Kier molecular flexibility index (Phi) is 7.94. The third kappa shape index (κ3) is 6.72. The van der Waals surface area contributed by atoms with Crippen LogP contribution in [0.1, 0.15) is 33.1 Å². The molecule has 3 heteroatoms. The molecule has 13 heavy (non-hydrogen) atoms. The highest BCUT2D eigenvalue weighted by Gasteiger charge is 2.11. The fourth-order valence-corrected chi connectivity index (χ4v) is 1.02. The zero-order valence-corrected chi connectivity index (χ0v) is 8.66. The molecular weight excluding hydrogens is 166 g/mol. The van der Waals surface area contributed by atoms with Gasteiger partial charge in [-0.25, -0.2) is 0 Å². The Morgan fingerprint density at radius 3 is 2.62 bits per heavy atom. The lowest BCUT2D eigenvalue weighted by atomic mass is 10.0. The maximum atomic E-state index is 10.5. The van der Waals surface area contributed by atoms with E-state index in [1.165, 1.54) is 0 Å². The van der Waals surface area contributed by atoms with Gasteiger partial charge in [0.05, 0.1) is 0 Å². The number of rotatable bonds is 8. The van der Waals surface area contributed by atoms with Crippen molar-refractivity contribution in [2.75, 3.05) is 13.2 Å². The third-order valence-electron chi connectivity index (χ3n) is 2.09. The van der Waals surface area contributed by atoms with Gasteiger partial charge in [-0.2, -0.15) is 0 Å². The van der Waals surface area contributed by atoms with Gasteiger partial charge >= 0.3 is 0 Å². The highest BCUT2D eigenvalue weighted by atomic mass is 16.5. The van der Waals surface area contributed by atoms with E-state index in [2.05, 4.69) is 6.92 Å². The van der Waals surface area contributed by atoms with E-state index >= 15 is 0 Å². The summed E-state index contributed by atoms with van der Waals surface area (Å²) in [6, 6.07) is -0.0627. The Hall–Kier alpha value is -0.410. The van der Waals surface area contributed by atoms with Crippen LogP contribution in [0.4, 0.5) is 0 Å². The number of carbonyl (C=O) groups excluding carboxylic acids is 1. The molecular formula is C10H21NO2. The second-order valence-corrected chi connectivity index (χ2v) is 3.41.